The first-order valence-electron chi connectivity index (χ1n) is 12.3. The van der Waals surface area contributed by atoms with Crippen molar-refractivity contribution in [1.29, 1.82) is 0 Å². The predicted molar refractivity (Wildman–Crippen MR) is 144 cm³/mol. The van der Waals surface area contributed by atoms with Gasteiger partial charge in [-0.1, -0.05) is 47.5 Å². The monoisotopic (exact) mass is 540 g/mol. The van der Waals surface area contributed by atoms with Gasteiger partial charge in [0.05, 0.1) is 18.2 Å². The zero-order chi connectivity index (χ0) is 25.9. The number of amidine groups is 1. The lowest BCUT2D eigenvalue weighted by Crippen LogP contribution is -2.53. The van der Waals surface area contributed by atoms with Crippen LogP contribution in [0.1, 0.15) is 35.7 Å². The Morgan fingerprint density at radius 2 is 1.62 bits per heavy atom. The zero-order valence-electron chi connectivity index (χ0n) is 20.3. The van der Waals surface area contributed by atoms with E-state index in [0.29, 0.717) is 60.0 Å². The van der Waals surface area contributed by atoms with Gasteiger partial charge in [0.1, 0.15) is 23.4 Å². The summed E-state index contributed by atoms with van der Waals surface area (Å²) >= 11 is 12.4. The highest BCUT2D eigenvalue weighted by Crippen LogP contribution is 2.45. The fourth-order valence-corrected chi connectivity index (χ4v) is 5.07. The summed E-state index contributed by atoms with van der Waals surface area (Å²) in [5, 5.41) is 4.50. The summed E-state index contributed by atoms with van der Waals surface area (Å²) < 4.78 is 20.0. The number of aliphatic imine (C=N–C) groups is 1. The molecule has 2 atom stereocenters. The number of rotatable bonds is 5. The van der Waals surface area contributed by atoms with E-state index in [2.05, 4.69) is 5.32 Å². The molecular weight excluding hydrogens is 514 g/mol. The van der Waals surface area contributed by atoms with Crippen LogP contribution < -0.4 is 10.1 Å². The van der Waals surface area contributed by atoms with E-state index in [9.17, 15) is 9.18 Å². The van der Waals surface area contributed by atoms with Crippen LogP contribution in [0.15, 0.2) is 71.7 Å². The van der Waals surface area contributed by atoms with E-state index in [1.165, 1.54) is 12.1 Å². The van der Waals surface area contributed by atoms with Crippen LogP contribution in [0.2, 0.25) is 10.0 Å². The molecule has 1 saturated heterocycles. The van der Waals surface area contributed by atoms with Gasteiger partial charge in [-0.25, -0.2) is 9.18 Å². The number of nitrogens with one attached hydrogen (secondary N) is 1. The molecule has 2 aliphatic heterocycles. The third-order valence-corrected chi connectivity index (χ3v) is 7.07. The third-order valence-electron chi connectivity index (χ3n) is 6.57. The second-order valence-corrected chi connectivity index (χ2v) is 9.78. The van der Waals surface area contributed by atoms with Crippen molar-refractivity contribution >= 4 is 35.1 Å². The molecule has 0 aliphatic carbocycles. The van der Waals surface area contributed by atoms with E-state index in [1.54, 1.807) is 11.0 Å². The lowest BCUT2D eigenvalue weighted by molar-refractivity contribution is 0.157. The molecule has 0 saturated carbocycles. The minimum absolute atomic E-state index is 0.163. The third kappa shape index (κ3) is 5.30. The van der Waals surface area contributed by atoms with Crippen LogP contribution in [0, 0.1) is 5.82 Å². The Balaban J connectivity index is 1.69. The molecule has 3 aromatic rings. The average molecular weight is 541 g/mol. The van der Waals surface area contributed by atoms with Gasteiger partial charge in [-0.05, 0) is 54.4 Å². The largest absolute Gasteiger partial charge is 0.493 e. The Hall–Kier alpha value is -3.13. The molecular formula is C28H27Cl2FN4O2. The van der Waals surface area contributed by atoms with Crippen molar-refractivity contribution in [2.75, 3.05) is 32.8 Å². The number of hydrogen-bond acceptors (Lipinski definition) is 4. The Labute approximate surface area is 225 Å². The molecule has 5 rings (SSSR count). The van der Waals surface area contributed by atoms with Gasteiger partial charge in [-0.2, -0.15) is 0 Å². The highest BCUT2D eigenvalue weighted by atomic mass is 35.5. The van der Waals surface area contributed by atoms with E-state index in [0.717, 1.165) is 11.1 Å². The first kappa shape index (κ1) is 25.5. The molecule has 0 spiro atoms. The van der Waals surface area contributed by atoms with Crippen LogP contribution in [0.5, 0.6) is 5.75 Å². The maximum absolute atomic E-state index is 14.2. The van der Waals surface area contributed by atoms with Gasteiger partial charge in [-0.3, -0.25) is 9.89 Å². The van der Waals surface area contributed by atoms with Gasteiger partial charge in [0.2, 0.25) is 0 Å². The first-order valence-corrected chi connectivity index (χ1v) is 13.0. The Morgan fingerprint density at radius 3 is 2.24 bits per heavy atom. The molecule has 2 heterocycles. The minimum atomic E-state index is -0.463. The second kappa shape index (κ2) is 11.1. The van der Waals surface area contributed by atoms with Gasteiger partial charge >= 0.3 is 6.03 Å². The van der Waals surface area contributed by atoms with E-state index in [-0.39, 0.29) is 6.03 Å². The molecule has 1 N–H and O–H groups in total. The zero-order valence-corrected chi connectivity index (χ0v) is 21.8. The molecule has 37 heavy (non-hydrogen) atoms. The van der Waals surface area contributed by atoms with Gasteiger partial charge in [0.25, 0.3) is 0 Å². The maximum atomic E-state index is 14.2. The smallest absolute Gasteiger partial charge is 0.326 e. The number of carbonyl (C=O) groups is 1. The minimum Gasteiger partial charge on any atom is -0.493 e. The summed E-state index contributed by atoms with van der Waals surface area (Å²) in [7, 11) is 0. The van der Waals surface area contributed by atoms with Gasteiger partial charge in [0.15, 0.2) is 0 Å². The number of benzene rings is 3. The van der Waals surface area contributed by atoms with Crippen LogP contribution >= 0.6 is 23.2 Å². The normalized spacial score (nSPS) is 19.6. The fourth-order valence-electron chi connectivity index (χ4n) is 4.82. The van der Waals surface area contributed by atoms with Crippen molar-refractivity contribution in [2.45, 2.75) is 19.0 Å². The molecule has 9 heteroatoms. The summed E-state index contributed by atoms with van der Waals surface area (Å²) in [6, 6.07) is 18.2. The molecule has 6 nitrogen and oxygen atoms in total. The number of carbonyl (C=O) groups excluding carboxylic acids is 1. The van der Waals surface area contributed by atoms with Crippen molar-refractivity contribution in [3.63, 3.8) is 0 Å². The number of hydrogen-bond donors (Lipinski definition) is 1. The summed E-state index contributed by atoms with van der Waals surface area (Å²) in [6.07, 6.45) is 0. The molecule has 3 aromatic carbocycles. The number of urea groups is 1. The lowest BCUT2D eigenvalue weighted by atomic mass is 9.93. The first-order chi connectivity index (χ1) is 18.0. The Morgan fingerprint density at radius 1 is 1.00 bits per heavy atom. The quantitative estimate of drug-likeness (QED) is 0.425. The summed E-state index contributed by atoms with van der Waals surface area (Å²) in [5.74, 6) is 0.354. The lowest BCUT2D eigenvalue weighted by Gasteiger charge is -2.36. The molecule has 0 aromatic heterocycles. The Kier molecular flexibility index (Phi) is 7.65. The van der Waals surface area contributed by atoms with E-state index in [1.807, 2.05) is 60.4 Å². The molecule has 1 fully saturated rings. The number of halogens is 3. The van der Waals surface area contributed by atoms with Crippen molar-refractivity contribution in [1.82, 2.24) is 15.1 Å². The fraction of sp³-hybridized carbons (Fsp3) is 0.286. The highest BCUT2D eigenvalue weighted by Gasteiger charge is 2.44. The number of amides is 2. The van der Waals surface area contributed by atoms with E-state index < -0.39 is 17.9 Å². The van der Waals surface area contributed by atoms with Crippen LogP contribution in [0.4, 0.5) is 9.18 Å². The molecule has 0 bridgehead atoms. The SMILES string of the molecule is CCOc1cc(F)ccc1C1=NC(c2ccc(Cl)cc2)C(c2ccc(Cl)cc2)N1C(=O)N1CCNCC1. The van der Waals surface area contributed by atoms with E-state index in [4.69, 9.17) is 32.9 Å². The average Bonchev–Trinajstić information content (AvgIpc) is 3.30. The van der Waals surface area contributed by atoms with Crippen LogP contribution in [0.3, 0.4) is 0 Å². The number of piperazine rings is 1. The van der Waals surface area contributed by atoms with Gasteiger partial charge in [0, 0.05) is 42.3 Å². The molecule has 0 radical (unpaired) electrons. The molecule has 2 amide bonds. The van der Waals surface area contributed by atoms with Crippen molar-refractivity contribution < 1.29 is 13.9 Å². The summed E-state index contributed by atoms with van der Waals surface area (Å²) in [5.41, 5.74) is 2.34. The highest BCUT2D eigenvalue weighted by molar-refractivity contribution is 6.30. The van der Waals surface area contributed by atoms with Crippen molar-refractivity contribution in [3.05, 3.63) is 99.3 Å². The van der Waals surface area contributed by atoms with Crippen LogP contribution in [-0.2, 0) is 0 Å². The summed E-state index contributed by atoms with van der Waals surface area (Å²) in [6.45, 7) is 4.74. The Bertz CT molecular complexity index is 1290. The number of ether oxygens (including phenoxy) is 1. The molecule has 192 valence electrons. The van der Waals surface area contributed by atoms with Gasteiger partial charge < -0.3 is 15.0 Å². The maximum Gasteiger partial charge on any atom is 0.326 e. The predicted octanol–water partition coefficient (Wildman–Crippen LogP) is 6.10. The van der Waals surface area contributed by atoms with Crippen LogP contribution in [0.25, 0.3) is 0 Å². The van der Waals surface area contributed by atoms with Crippen molar-refractivity contribution in [2.24, 2.45) is 4.99 Å². The second-order valence-electron chi connectivity index (χ2n) is 8.91. The van der Waals surface area contributed by atoms with Crippen molar-refractivity contribution in [3.8, 4) is 5.75 Å². The number of nitrogens with zero attached hydrogens (tertiary/aromatic N) is 3. The standard InChI is InChI=1S/C28H27Cl2FN4O2/c1-2-37-24-17-22(31)11-12-23(24)27-33-25(18-3-7-20(29)8-4-18)26(19-5-9-21(30)10-6-19)35(27)28(36)34-15-13-32-14-16-34/h3-12,17,25-26,32H,2,13-16H2,1H3. The topological polar surface area (TPSA) is 57.2 Å². The molecule has 2 aliphatic rings. The van der Waals surface area contributed by atoms with Crippen LogP contribution in [-0.4, -0.2) is 54.5 Å². The summed E-state index contributed by atoms with van der Waals surface area (Å²) in [4.78, 5) is 22.8. The molecule has 2 unspecified atom stereocenters. The van der Waals surface area contributed by atoms with E-state index >= 15 is 0 Å². The van der Waals surface area contributed by atoms with Gasteiger partial charge in [-0.15, -0.1) is 0 Å².